The van der Waals surface area contributed by atoms with Gasteiger partial charge in [0.05, 0.1) is 0 Å². The molecule has 0 aromatic rings. The van der Waals surface area contributed by atoms with Crippen LogP contribution in [0.3, 0.4) is 0 Å². The molecule has 1 aliphatic heterocycles. The zero-order valence-electron chi connectivity index (χ0n) is 19.1. The third kappa shape index (κ3) is 5.20. The molecule has 1 aliphatic rings. The molecule has 0 N–H and O–H groups in total. The fraction of sp³-hybridized carbons (Fsp3) is 0.826. The molecular weight excluding hydrogens is 406 g/mol. The maximum absolute atomic E-state index is 2.74. The molecule has 0 amide bonds. The van der Waals surface area contributed by atoms with Crippen molar-refractivity contribution < 1.29 is 0 Å². The van der Waals surface area contributed by atoms with Crippen molar-refractivity contribution in [3.8, 4) is 0 Å². The standard InChI is InChI=1S/C21H39B.2CH3.Sn/c1-9-11-13-15-20(17(3)4)22(19(7)8)21(18(5)6)16-14-12-10-2;;;/h17-19H,9-14H2,1-8H3;2*1H3;. The Morgan fingerprint density at radius 2 is 1.08 bits per heavy atom. The third-order valence-electron chi connectivity index (χ3n) is 6.35. The summed E-state index contributed by atoms with van der Waals surface area (Å²) in [6.07, 6.45) is 8.20. The Morgan fingerprint density at radius 1 is 0.720 bits per heavy atom. The Kier molecular flexibility index (Phi) is 9.39. The summed E-state index contributed by atoms with van der Waals surface area (Å²) in [4.78, 5) is 5.48. The average Bonchev–Trinajstić information content (AvgIpc) is 2.50. The van der Waals surface area contributed by atoms with Crippen LogP contribution in [0.1, 0.15) is 93.9 Å². The second-order valence-corrected chi connectivity index (χ2v) is 22.5. The van der Waals surface area contributed by atoms with Gasteiger partial charge in [0.25, 0.3) is 0 Å². The fourth-order valence-corrected chi connectivity index (χ4v) is 17.5. The molecule has 0 aromatic heterocycles. The molecule has 144 valence electrons. The summed E-state index contributed by atoms with van der Waals surface area (Å²) in [7, 11) is 0. The van der Waals surface area contributed by atoms with Crippen LogP contribution in [0.2, 0.25) is 15.7 Å². The molecule has 0 aromatic carbocycles. The molecule has 1 rings (SSSR count). The van der Waals surface area contributed by atoms with E-state index in [1.165, 1.54) is 38.5 Å². The van der Waals surface area contributed by atoms with Gasteiger partial charge in [-0.3, -0.25) is 0 Å². The normalized spacial score (nSPS) is 18.4. The third-order valence-corrected chi connectivity index (χ3v) is 18.0. The maximum atomic E-state index is 2.74. The van der Waals surface area contributed by atoms with Crippen molar-refractivity contribution in [2.45, 2.75) is 110 Å². The molecule has 0 radical (unpaired) electrons. The van der Waals surface area contributed by atoms with Gasteiger partial charge in [0, 0.05) is 0 Å². The Bertz CT molecular complexity index is 454. The molecule has 0 spiro atoms. The van der Waals surface area contributed by atoms with Gasteiger partial charge in [0.1, 0.15) is 0 Å². The summed E-state index contributed by atoms with van der Waals surface area (Å²) in [6, 6.07) is 0. The predicted molar refractivity (Wildman–Crippen MR) is 121 cm³/mol. The number of rotatable bonds is 9. The van der Waals surface area contributed by atoms with Gasteiger partial charge >= 0.3 is 165 Å². The number of unbranched alkanes of at least 4 members (excludes halogenated alkanes) is 2. The second-order valence-electron chi connectivity index (χ2n) is 9.73. The van der Waals surface area contributed by atoms with Crippen molar-refractivity contribution in [3.63, 3.8) is 0 Å². The van der Waals surface area contributed by atoms with Crippen LogP contribution in [-0.4, -0.2) is 25.1 Å². The van der Waals surface area contributed by atoms with Crippen LogP contribution in [0.15, 0.2) is 18.1 Å². The topological polar surface area (TPSA) is 0 Å². The van der Waals surface area contributed by atoms with E-state index in [2.05, 4.69) is 65.3 Å². The first-order valence-corrected chi connectivity index (χ1v) is 19.6. The first-order chi connectivity index (χ1) is 11.6. The number of hydrogen-bond donors (Lipinski definition) is 0. The average molecular weight is 451 g/mol. The van der Waals surface area contributed by atoms with Crippen molar-refractivity contribution in [3.05, 3.63) is 18.1 Å². The number of hydrogen-bond acceptors (Lipinski definition) is 0. The van der Waals surface area contributed by atoms with E-state index in [0.717, 1.165) is 5.82 Å². The van der Waals surface area contributed by atoms with Gasteiger partial charge < -0.3 is 0 Å². The molecule has 2 heteroatoms. The van der Waals surface area contributed by atoms with Crippen LogP contribution in [0.4, 0.5) is 0 Å². The Morgan fingerprint density at radius 3 is 1.32 bits per heavy atom. The Balaban J connectivity index is 3.66. The van der Waals surface area contributed by atoms with E-state index in [9.17, 15) is 0 Å². The van der Waals surface area contributed by atoms with Crippen molar-refractivity contribution in [2.24, 2.45) is 11.8 Å². The van der Waals surface area contributed by atoms with Gasteiger partial charge in [-0.1, -0.05) is 0 Å². The quantitative estimate of drug-likeness (QED) is 0.311. The van der Waals surface area contributed by atoms with E-state index in [4.69, 9.17) is 0 Å². The molecule has 25 heavy (non-hydrogen) atoms. The summed E-state index contributed by atoms with van der Waals surface area (Å²) in [6.45, 7) is 20.2. The summed E-state index contributed by atoms with van der Waals surface area (Å²) >= 11 is -2.40. The van der Waals surface area contributed by atoms with Crippen molar-refractivity contribution in [1.29, 1.82) is 0 Å². The summed E-state index contributed by atoms with van der Waals surface area (Å²) in [5.74, 6) is 2.14. The second kappa shape index (κ2) is 10.0. The summed E-state index contributed by atoms with van der Waals surface area (Å²) in [5, 5.41) is 0. The van der Waals surface area contributed by atoms with Crippen LogP contribution in [0.25, 0.3) is 0 Å². The summed E-state index contributed by atoms with van der Waals surface area (Å²) in [5.41, 5.74) is 3.77. The Hall–Kier alpha value is 0.344. The molecule has 0 fully saturated rings. The number of allylic oxidation sites excluding steroid dienone is 4. The van der Waals surface area contributed by atoms with E-state index in [1.807, 2.05) is 18.1 Å². The van der Waals surface area contributed by atoms with Gasteiger partial charge in [0.15, 0.2) is 0 Å². The van der Waals surface area contributed by atoms with Gasteiger partial charge in [-0.25, -0.2) is 0 Å². The van der Waals surface area contributed by atoms with Crippen LogP contribution < -0.4 is 0 Å². The predicted octanol–water partition coefficient (Wildman–Crippen LogP) is 8.06. The molecule has 0 bridgehead atoms. The first-order valence-electron chi connectivity index (χ1n) is 11.1. The van der Waals surface area contributed by atoms with Crippen LogP contribution >= 0.6 is 0 Å². The molecular formula is C23H45BSn. The molecule has 0 atom stereocenters. The van der Waals surface area contributed by atoms with Gasteiger partial charge in [-0.15, -0.1) is 0 Å². The SMILES string of the molecule is CCCC[C]1=C(C(C)C)B(C(C)C)C(C(C)C)=[C](CCCC)[Sn]1([CH3])[CH3]. The fourth-order valence-electron chi connectivity index (χ4n) is 5.20. The monoisotopic (exact) mass is 452 g/mol. The molecule has 0 aliphatic carbocycles. The molecule has 0 unspecified atom stereocenters. The molecule has 0 saturated heterocycles. The van der Waals surface area contributed by atoms with Crippen LogP contribution in [0, 0.1) is 11.8 Å². The minimum atomic E-state index is -2.40. The van der Waals surface area contributed by atoms with Crippen LogP contribution in [-0.2, 0) is 0 Å². The zero-order valence-corrected chi connectivity index (χ0v) is 21.9. The molecule has 0 saturated carbocycles. The van der Waals surface area contributed by atoms with Crippen molar-refractivity contribution >= 4 is 25.1 Å². The van der Waals surface area contributed by atoms with E-state index in [0.29, 0.717) is 18.5 Å². The van der Waals surface area contributed by atoms with E-state index in [-0.39, 0.29) is 0 Å². The van der Waals surface area contributed by atoms with Crippen LogP contribution in [0.5, 0.6) is 0 Å². The minimum absolute atomic E-state index is 0.705. The van der Waals surface area contributed by atoms with E-state index in [1.54, 1.807) is 0 Å². The van der Waals surface area contributed by atoms with E-state index < -0.39 is 18.4 Å². The zero-order chi connectivity index (χ0) is 19.4. The van der Waals surface area contributed by atoms with Crippen molar-refractivity contribution in [2.75, 3.05) is 0 Å². The van der Waals surface area contributed by atoms with Gasteiger partial charge in [-0.05, 0) is 0 Å². The molecule has 1 heterocycles. The van der Waals surface area contributed by atoms with Crippen molar-refractivity contribution in [1.82, 2.24) is 0 Å². The van der Waals surface area contributed by atoms with E-state index >= 15 is 0 Å². The molecule has 0 nitrogen and oxygen atoms in total. The van der Waals surface area contributed by atoms with Gasteiger partial charge in [-0.2, -0.15) is 0 Å². The van der Waals surface area contributed by atoms with Gasteiger partial charge in [0.2, 0.25) is 0 Å². The Labute approximate surface area is 164 Å². The first kappa shape index (κ1) is 23.4. The summed E-state index contributed by atoms with van der Waals surface area (Å²) < 4.78 is 4.00.